The standard InChI is InChI=1S/C29H23N3O3S.C23H19N3O2S/c1-18-3-7-22(8-4-18)35-23-9-5-20(6-10-23)28-16-21-15-24(11-13-26(21)32-28)36(33,34)25-12-14-27-29(17-25)31-19(2)30-27;1-14-3-5-16(6-4-14)22-12-17-11-18(7-9-20(17)26-22)29(27,28)19-8-10-21-23(13-19)25-15(2)24-21/h3-15,17H,16H2,1-2H3,(H,30,31);3-11,13H,12H2,1-2H3,(H,24,25). The number of H-pyrrole nitrogens is 2. The monoisotopic (exact) mass is 894 g/mol. The van der Waals surface area contributed by atoms with Gasteiger partial charge in [-0.05, 0) is 159 Å². The van der Waals surface area contributed by atoms with Crippen LogP contribution in [0.25, 0.3) is 22.1 Å². The summed E-state index contributed by atoms with van der Waals surface area (Å²) in [6.07, 6.45) is 1.19. The summed E-state index contributed by atoms with van der Waals surface area (Å²) in [7, 11) is -7.31. The first-order valence-corrected chi connectivity index (χ1v) is 24.0. The fourth-order valence-corrected chi connectivity index (χ4v) is 10.7. The van der Waals surface area contributed by atoms with Crippen LogP contribution in [0.2, 0.25) is 0 Å². The van der Waals surface area contributed by atoms with Crippen LogP contribution >= 0.6 is 0 Å². The van der Waals surface area contributed by atoms with Crippen LogP contribution in [0.5, 0.6) is 11.5 Å². The van der Waals surface area contributed by atoms with E-state index in [4.69, 9.17) is 14.7 Å². The topological polar surface area (TPSA) is 160 Å². The molecule has 322 valence electrons. The number of hydrogen-bond acceptors (Lipinski definition) is 9. The van der Waals surface area contributed by atoms with E-state index in [9.17, 15) is 16.8 Å². The molecule has 0 unspecified atom stereocenters. The number of fused-ring (bicyclic) bond motifs is 4. The Balaban J connectivity index is 0.000000157. The summed E-state index contributed by atoms with van der Waals surface area (Å²) in [5.41, 5.74) is 12.7. The van der Waals surface area contributed by atoms with Crippen molar-refractivity contribution in [1.29, 1.82) is 0 Å². The fourth-order valence-electron chi connectivity index (χ4n) is 8.07. The molecule has 2 aromatic heterocycles. The van der Waals surface area contributed by atoms with Gasteiger partial charge in [-0.2, -0.15) is 0 Å². The molecule has 65 heavy (non-hydrogen) atoms. The van der Waals surface area contributed by atoms with Gasteiger partial charge in [-0.1, -0.05) is 47.5 Å². The zero-order valence-electron chi connectivity index (χ0n) is 35.9. The van der Waals surface area contributed by atoms with E-state index >= 15 is 0 Å². The third-order valence-electron chi connectivity index (χ3n) is 11.5. The quantitative estimate of drug-likeness (QED) is 0.154. The number of aromatic nitrogens is 4. The molecule has 9 aromatic rings. The molecule has 11 rings (SSSR count). The molecule has 11 nitrogen and oxygen atoms in total. The van der Waals surface area contributed by atoms with E-state index in [2.05, 4.69) is 44.2 Å². The van der Waals surface area contributed by atoms with Crippen molar-refractivity contribution in [2.45, 2.75) is 60.1 Å². The lowest BCUT2D eigenvalue weighted by atomic mass is 10.0. The summed E-state index contributed by atoms with van der Waals surface area (Å²) in [6, 6.07) is 44.2. The minimum atomic E-state index is -3.68. The Labute approximate surface area is 376 Å². The van der Waals surface area contributed by atoms with Crippen LogP contribution < -0.4 is 4.74 Å². The molecule has 0 spiro atoms. The molecule has 2 N–H and O–H groups in total. The summed E-state index contributed by atoms with van der Waals surface area (Å²) in [5.74, 6) is 3.04. The maximum atomic E-state index is 13.4. The minimum Gasteiger partial charge on any atom is -0.457 e. The highest BCUT2D eigenvalue weighted by atomic mass is 32.2. The van der Waals surface area contributed by atoms with Crippen LogP contribution in [0.1, 0.15) is 45.0 Å². The van der Waals surface area contributed by atoms with Gasteiger partial charge in [0.2, 0.25) is 19.7 Å². The smallest absolute Gasteiger partial charge is 0.206 e. The number of ether oxygens (including phenoxy) is 1. The van der Waals surface area contributed by atoms with Crippen molar-refractivity contribution in [1.82, 2.24) is 19.9 Å². The van der Waals surface area contributed by atoms with E-state index < -0.39 is 19.7 Å². The van der Waals surface area contributed by atoms with Gasteiger partial charge in [0.1, 0.15) is 23.1 Å². The van der Waals surface area contributed by atoms with Gasteiger partial charge in [-0.15, -0.1) is 0 Å². The van der Waals surface area contributed by atoms with Crippen molar-refractivity contribution in [3.05, 3.63) is 191 Å². The van der Waals surface area contributed by atoms with E-state index in [1.807, 2.05) is 76.2 Å². The van der Waals surface area contributed by atoms with Crippen LogP contribution in [-0.4, -0.2) is 48.2 Å². The molecule has 0 saturated heterocycles. The normalized spacial score (nSPS) is 13.2. The maximum Gasteiger partial charge on any atom is 0.206 e. The van der Waals surface area contributed by atoms with Gasteiger partial charge in [0.05, 0.1) is 64.4 Å². The van der Waals surface area contributed by atoms with Crippen LogP contribution in [0.4, 0.5) is 11.4 Å². The van der Waals surface area contributed by atoms with E-state index in [1.165, 1.54) is 11.1 Å². The molecule has 0 amide bonds. The number of nitrogens with zero attached hydrogens (tertiary/aromatic N) is 4. The lowest BCUT2D eigenvalue weighted by molar-refractivity contribution is 0.482. The van der Waals surface area contributed by atoms with Crippen molar-refractivity contribution >= 4 is 64.5 Å². The summed E-state index contributed by atoms with van der Waals surface area (Å²) < 4.78 is 59.0. The molecular formula is C52H42N6O5S2. The summed E-state index contributed by atoms with van der Waals surface area (Å²) >= 11 is 0. The number of hydrogen-bond donors (Lipinski definition) is 2. The molecule has 13 heteroatoms. The summed E-state index contributed by atoms with van der Waals surface area (Å²) in [4.78, 5) is 25.4. The van der Waals surface area contributed by atoms with Crippen molar-refractivity contribution in [3.8, 4) is 11.5 Å². The lowest BCUT2D eigenvalue weighted by Gasteiger charge is -2.07. The second-order valence-corrected chi connectivity index (χ2v) is 20.3. The first kappa shape index (κ1) is 41.5. The minimum absolute atomic E-state index is 0.238. The molecule has 0 radical (unpaired) electrons. The fraction of sp³-hybridized carbons (Fsp3) is 0.115. The molecular weight excluding hydrogens is 853 g/mol. The summed E-state index contributed by atoms with van der Waals surface area (Å²) in [5, 5.41) is 0. The average molecular weight is 895 g/mol. The molecule has 4 heterocycles. The zero-order chi connectivity index (χ0) is 45.0. The number of imidazole rings is 2. The lowest BCUT2D eigenvalue weighted by Crippen LogP contribution is -2.03. The third-order valence-corrected chi connectivity index (χ3v) is 15.0. The highest BCUT2D eigenvalue weighted by Crippen LogP contribution is 2.35. The molecule has 0 aliphatic carbocycles. The zero-order valence-corrected chi connectivity index (χ0v) is 37.6. The highest BCUT2D eigenvalue weighted by Gasteiger charge is 2.25. The van der Waals surface area contributed by atoms with E-state index in [0.717, 1.165) is 84.7 Å². The predicted molar refractivity (Wildman–Crippen MR) is 254 cm³/mol. The molecule has 0 bridgehead atoms. The third kappa shape index (κ3) is 8.27. The van der Waals surface area contributed by atoms with E-state index in [-0.39, 0.29) is 19.6 Å². The van der Waals surface area contributed by atoms with Crippen molar-refractivity contribution in [2.24, 2.45) is 9.98 Å². The van der Waals surface area contributed by atoms with Gasteiger partial charge in [-0.25, -0.2) is 26.8 Å². The number of sulfone groups is 2. The molecule has 0 atom stereocenters. The number of aromatic amines is 2. The largest absolute Gasteiger partial charge is 0.457 e. The van der Waals surface area contributed by atoms with E-state index in [1.54, 1.807) is 72.8 Å². The molecule has 2 aliphatic heterocycles. The number of aryl methyl sites for hydroxylation is 4. The maximum absolute atomic E-state index is 13.4. The number of aliphatic imine (C=N–C) groups is 2. The Morgan fingerprint density at radius 2 is 0.815 bits per heavy atom. The molecule has 7 aromatic carbocycles. The second-order valence-electron chi connectivity index (χ2n) is 16.4. The van der Waals surface area contributed by atoms with Crippen LogP contribution in [0.3, 0.4) is 0 Å². The Morgan fingerprint density at radius 3 is 1.26 bits per heavy atom. The first-order chi connectivity index (χ1) is 31.2. The van der Waals surface area contributed by atoms with Crippen molar-refractivity contribution in [2.75, 3.05) is 0 Å². The summed E-state index contributed by atoms with van der Waals surface area (Å²) in [6.45, 7) is 7.78. The van der Waals surface area contributed by atoms with Gasteiger partial charge in [0.25, 0.3) is 0 Å². The molecule has 0 saturated carbocycles. The predicted octanol–water partition coefficient (Wildman–Crippen LogP) is 11.2. The average Bonchev–Trinajstić information content (AvgIpc) is 4.10. The first-order valence-electron chi connectivity index (χ1n) is 21.0. The SMILES string of the molecule is Cc1ccc(C2=Nc3ccc(S(=O)(=O)c4ccc5nc(C)[nH]c5c4)cc3C2)cc1.Cc1ccc(Oc2ccc(C3=Nc4ccc(S(=O)(=O)c5ccc6nc(C)[nH]c6c5)cc4C3)cc2)cc1. The molecule has 0 fully saturated rings. The Kier molecular flexibility index (Phi) is 10.4. The van der Waals surface area contributed by atoms with Crippen LogP contribution in [-0.2, 0) is 32.5 Å². The number of benzene rings is 7. The Morgan fingerprint density at radius 1 is 0.446 bits per heavy atom. The van der Waals surface area contributed by atoms with Crippen molar-refractivity contribution in [3.63, 3.8) is 0 Å². The Bertz CT molecular complexity index is 3630. The Hall–Kier alpha value is -7.48. The van der Waals surface area contributed by atoms with Gasteiger partial charge >= 0.3 is 0 Å². The second kappa shape index (κ2) is 16.3. The highest BCUT2D eigenvalue weighted by molar-refractivity contribution is 7.91. The van der Waals surface area contributed by atoms with Crippen LogP contribution in [0, 0.1) is 27.7 Å². The van der Waals surface area contributed by atoms with Gasteiger partial charge < -0.3 is 14.7 Å². The van der Waals surface area contributed by atoms with Crippen LogP contribution in [0.15, 0.2) is 175 Å². The number of rotatable bonds is 8. The van der Waals surface area contributed by atoms with Gasteiger partial charge in [0.15, 0.2) is 0 Å². The van der Waals surface area contributed by atoms with Gasteiger partial charge in [0, 0.05) is 12.8 Å². The van der Waals surface area contributed by atoms with Gasteiger partial charge in [-0.3, -0.25) is 9.98 Å². The van der Waals surface area contributed by atoms with E-state index in [0.29, 0.717) is 18.4 Å². The van der Waals surface area contributed by atoms with Crippen molar-refractivity contribution < 1.29 is 21.6 Å². The molecule has 2 aliphatic rings. The number of nitrogens with one attached hydrogen (secondary N) is 2.